The quantitative estimate of drug-likeness (QED) is 0.569. The Labute approximate surface area is 198 Å². The Bertz CT molecular complexity index is 1080. The van der Waals surface area contributed by atoms with Gasteiger partial charge < -0.3 is 15.0 Å². The summed E-state index contributed by atoms with van der Waals surface area (Å²) in [5, 5.41) is 3.24. The fraction of sp³-hybridized carbons (Fsp3) is 0.333. The van der Waals surface area contributed by atoms with Gasteiger partial charge in [-0.2, -0.15) is 0 Å². The number of sulfonamides is 1. The molecule has 0 heterocycles. The summed E-state index contributed by atoms with van der Waals surface area (Å²) < 4.78 is 31.0. The zero-order valence-electron chi connectivity index (χ0n) is 18.1. The zero-order valence-corrected chi connectivity index (χ0v) is 20.5. The summed E-state index contributed by atoms with van der Waals surface area (Å²) in [6, 6.07) is 10.4. The van der Waals surface area contributed by atoms with E-state index in [1.54, 1.807) is 31.2 Å². The summed E-state index contributed by atoms with van der Waals surface area (Å²) in [4.78, 5) is 26.9. The second kappa shape index (κ2) is 10.9. The molecule has 0 aliphatic rings. The van der Waals surface area contributed by atoms with Gasteiger partial charge in [-0.05, 0) is 42.8 Å². The van der Waals surface area contributed by atoms with E-state index in [0.29, 0.717) is 10.8 Å². The molecule has 2 aromatic rings. The third-order valence-electron chi connectivity index (χ3n) is 4.78. The highest BCUT2D eigenvalue weighted by Gasteiger charge is 2.30. The van der Waals surface area contributed by atoms with Crippen LogP contribution in [0.25, 0.3) is 0 Å². The minimum absolute atomic E-state index is 0.0888. The van der Waals surface area contributed by atoms with Gasteiger partial charge in [-0.1, -0.05) is 35.3 Å². The van der Waals surface area contributed by atoms with Crippen molar-refractivity contribution in [2.24, 2.45) is 0 Å². The third kappa shape index (κ3) is 6.51. The topological polar surface area (TPSA) is 96.0 Å². The number of nitrogens with one attached hydrogen (secondary N) is 1. The number of benzene rings is 2. The molecule has 0 bridgehead atoms. The van der Waals surface area contributed by atoms with Gasteiger partial charge in [0, 0.05) is 18.6 Å². The maximum Gasteiger partial charge on any atom is 0.244 e. The van der Waals surface area contributed by atoms with Gasteiger partial charge in [-0.15, -0.1) is 0 Å². The number of carbonyl (C=O) groups excluding carboxylic acids is 2. The molecular weight excluding hydrogens is 477 g/mol. The molecule has 2 amide bonds. The Balaban J connectivity index is 2.39. The number of halogens is 2. The van der Waals surface area contributed by atoms with Crippen molar-refractivity contribution in [1.82, 2.24) is 10.2 Å². The minimum Gasteiger partial charge on any atom is -0.495 e. The number of amides is 2. The summed E-state index contributed by atoms with van der Waals surface area (Å²) in [5.74, 6) is -0.577. The molecule has 0 radical (unpaired) electrons. The van der Waals surface area contributed by atoms with Crippen LogP contribution < -0.4 is 14.4 Å². The fourth-order valence-corrected chi connectivity index (χ4v) is 4.22. The molecule has 11 heteroatoms. The van der Waals surface area contributed by atoms with Crippen LogP contribution in [-0.4, -0.2) is 58.1 Å². The highest BCUT2D eigenvalue weighted by Crippen LogP contribution is 2.30. The predicted molar refractivity (Wildman–Crippen MR) is 126 cm³/mol. The van der Waals surface area contributed by atoms with E-state index in [0.717, 1.165) is 16.1 Å². The lowest BCUT2D eigenvalue weighted by Crippen LogP contribution is -2.50. The molecule has 0 aromatic heterocycles. The number of nitrogens with zero attached hydrogens (tertiary/aromatic N) is 2. The smallest absolute Gasteiger partial charge is 0.244 e. The third-order valence-corrected chi connectivity index (χ3v) is 6.47. The highest BCUT2D eigenvalue weighted by molar-refractivity contribution is 7.92. The van der Waals surface area contributed by atoms with Crippen LogP contribution in [0.3, 0.4) is 0 Å². The SMILES string of the molecule is CNC(=O)C(C)N(Cc1ccc(Cl)cc1)C(=O)CN(c1ccc(OC)c(Cl)c1)S(C)(=O)=O. The van der Waals surface area contributed by atoms with Gasteiger partial charge >= 0.3 is 0 Å². The maximum absolute atomic E-state index is 13.3. The summed E-state index contributed by atoms with van der Waals surface area (Å²) in [6.07, 6.45) is 0.990. The van der Waals surface area contributed by atoms with Crippen LogP contribution >= 0.6 is 23.2 Å². The molecule has 0 aliphatic heterocycles. The van der Waals surface area contributed by atoms with Crippen molar-refractivity contribution in [3.05, 3.63) is 58.1 Å². The molecule has 0 spiro atoms. The van der Waals surface area contributed by atoms with Gasteiger partial charge in [0.2, 0.25) is 21.8 Å². The molecule has 0 aliphatic carbocycles. The second-order valence-corrected chi connectivity index (χ2v) is 9.78. The first-order valence-electron chi connectivity index (χ1n) is 9.54. The number of rotatable bonds is 9. The van der Waals surface area contributed by atoms with Crippen molar-refractivity contribution in [1.29, 1.82) is 0 Å². The Morgan fingerprint density at radius 3 is 2.25 bits per heavy atom. The van der Waals surface area contributed by atoms with Crippen molar-refractivity contribution in [3.8, 4) is 5.75 Å². The van der Waals surface area contributed by atoms with Gasteiger partial charge in [0.15, 0.2) is 0 Å². The number of carbonyl (C=O) groups is 2. The molecule has 1 N–H and O–H groups in total. The molecule has 8 nitrogen and oxygen atoms in total. The Hall–Kier alpha value is -2.49. The van der Waals surface area contributed by atoms with E-state index in [9.17, 15) is 18.0 Å². The molecule has 32 heavy (non-hydrogen) atoms. The zero-order chi connectivity index (χ0) is 24.1. The number of hydrogen-bond donors (Lipinski definition) is 1. The first-order valence-corrected chi connectivity index (χ1v) is 12.1. The van der Waals surface area contributed by atoms with E-state index >= 15 is 0 Å². The molecule has 174 valence electrons. The first-order chi connectivity index (χ1) is 15.0. The Morgan fingerprint density at radius 2 is 1.75 bits per heavy atom. The van der Waals surface area contributed by atoms with Gasteiger partial charge in [0.1, 0.15) is 18.3 Å². The van der Waals surface area contributed by atoms with E-state index < -0.39 is 28.5 Å². The maximum atomic E-state index is 13.3. The van der Waals surface area contributed by atoms with Crippen molar-refractivity contribution in [3.63, 3.8) is 0 Å². The molecule has 0 saturated carbocycles. The Kier molecular flexibility index (Phi) is 8.77. The molecular formula is C21H25Cl2N3O5S. The van der Waals surface area contributed by atoms with E-state index in [2.05, 4.69) is 5.32 Å². The average Bonchev–Trinajstić information content (AvgIpc) is 2.75. The lowest BCUT2D eigenvalue weighted by atomic mass is 10.1. The van der Waals surface area contributed by atoms with E-state index in [-0.39, 0.29) is 23.2 Å². The first kappa shape index (κ1) is 25.8. The highest BCUT2D eigenvalue weighted by atomic mass is 35.5. The van der Waals surface area contributed by atoms with Gasteiger partial charge in [-0.25, -0.2) is 8.42 Å². The van der Waals surface area contributed by atoms with Gasteiger partial charge in [0.25, 0.3) is 0 Å². The van der Waals surface area contributed by atoms with Crippen LogP contribution in [0.2, 0.25) is 10.0 Å². The standard InChI is InChI=1S/C21H25Cl2N3O5S/c1-14(21(28)24-2)25(12-15-5-7-16(22)8-6-15)20(27)13-26(32(4,29)30)17-9-10-19(31-3)18(23)11-17/h5-11,14H,12-13H2,1-4H3,(H,24,28). The molecule has 1 atom stereocenters. The second-order valence-electron chi connectivity index (χ2n) is 7.03. The minimum atomic E-state index is -3.84. The van der Waals surface area contributed by atoms with Crippen molar-refractivity contribution >= 4 is 50.7 Å². The average molecular weight is 502 g/mol. The van der Waals surface area contributed by atoms with E-state index in [1.807, 2.05) is 0 Å². The van der Waals surface area contributed by atoms with Gasteiger partial charge in [0.05, 0.1) is 24.1 Å². The molecule has 0 saturated heterocycles. The normalized spacial score (nSPS) is 12.1. The van der Waals surface area contributed by atoms with E-state index in [4.69, 9.17) is 27.9 Å². The van der Waals surface area contributed by atoms with Crippen LogP contribution in [0.5, 0.6) is 5.75 Å². The Morgan fingerprint density at radius 1 is 1.12 bits per heavy atom. The van der Waals surface area contributed by atoms with Crippen LogP contribution in [0.15, 0.2) is 42.5 Å². The number of hydrogen-bond acceptors (Lipinski definition) is 5. The largest absolute Gasteiger partial charge is 0.495 e. The number of likely N-dealkylation sites (N-methyl/N-ethyl adjacent to an activating group) is 1. The number of methoxy groups -OCH3 is 1. The van der Waals surface area contributed by atoms with Crippen LogP contribution in [0, 0.1) is 0 Å². The number of ether oxygens (including phenoxy) is 1. The summed E-state index contributed by atoms with van der Waals surface area (Å²) >= 11 is 12.1. The molecule has 1 unspecified atom stereocenters. The van der Waals surface area contributed by atoms with Crippen molar-refractivity contribution < 1.29 is 22.7 Å². The summed E-state index contributed by atoms with van der Waals surface area (Å²) in [7, 11) is -0.942. The van der Waals surface area contributed by atoms with Crippen molar-refractivity contribution in [2.45, 2.75) is 19.5 Å². The monoisotopic (exact) mass is 501 g/mol. The lowest BCUT2D eigenvalue weighted by molar-refractivity contribution is -0.139. The molecule has 2 rings (SSSR count). The summed E-state index contributed by atoms with van der Waals surface area (Å²) in [5.41, 5.74) is 0.933. The lowest BCUT2D eigenvalue weighted by Gasteiger charge is -2.31. The van der Waals surface area contributed by atoms with Crippen LogP contribution in [-0.2, 0) is 26.2 Å². The number of anilines is 1. The molecule has 2 aromatic carbocycles. The van der Waals surface area contributed by atoms with Gasteiger partial charge in [-0.3, -0.25) is 13.9 Å². The molecule has 0 fully saturated rings. The van der Waals surface area contributed by atoms with Crippen LogP contribution in [0.4, 0.5) is 5.69 Å². The van der Waals surface area contributed by atoms with E-state index in [1.165, 1.54) is 37.3 Å². The predicted octanol–water partition coefficient (Wildman–Crippen LogP) is 2.93. The van der Waals surface area contributed by atoms with Crippen molar-refractivity contribution in [2.75, 3.05) is 31.3 Å². The fourth-order valence-electron chi connectivity index (χ4n) is 3.00. The van der Waals surface area contributed by atoms with Crippen LogP contribution in [0.1, 0.15) is 12.5 Å². The summed E-state index contributed by atoms with van der Waals surface area (Å²) in [6.45, 7) is 1.14.